The lowest BCUT2D eigenvalue weighted by Crippen LogP contribution is -2.57. The molecule has 2 aliphatic heterocycles. The predicted octanol–water partition coefficient (Wildman–Crippen LogP) is 2.61. The van der Waals surface area contributed by atoms with E-state index in [0.717, 1.165) is 56.0 Å². The van der Waals surface area contributed by atoms with Crippen LogP contribution in [0.25, 0.3) is 0 Å². The van der Waals surface area contributed by atoms with Crippen LogP contribution in [0.4, 0.5) is 4.79 Å². The SMILES string of the molecule is CCn1cc(CN2CCC([C@@]3(Cc4cccc(OC)c4)NC(=O)N(CCOC)C3=O)CC2)c(C)n1. The minimum atomic E-state index is -0.966. The van der Waals surface area contributed by atoms with Gasteiger partial charge in [-0.15, -0.1) is 0 Å². The van der Waals surface area contributed by atoms with Gasteiger partial charge in [-0.05, 0) is 63.4 Å². The van der Waals surface area contributed by atoms with Crippen molar-refractivity contribution in [3.8, 4) is 5.75 Å². The number of methoxy groups -OCH3 is 2. The third-order valence-corrected chi connectivity index (χ3v) is 7.39. The number of aromatic nitrogens is 2. The Morgan fingerprint density at radius 2 is 1.97 bits per heavy atom. The lowest BCUT2D eigenvalue weighted by molar-refractivity contribution is -0.134. The van der Waals surface area contributed by atoms with Crippen LogP contribution in [0.3, 0.4) is 0 Å². The molecule has 2 aromatic rings. The fraction of sp³-hybridized carbons (Fsp3) is 0.577. The van der Waals surface area contributed by atoms with Gasteiger partial charge in [-0.2, -0.15) is 5.10 Å². The van der Waals surface area contributed by atoms with Crippen LogP contribution in [-0.4, -0.2) is 77.5 Å². The van der Waals surface area contributed by atoms with Gasteiger partial charge >= 0.3 is 6.03 Å². The number of urea groups is 1. The molecule has 1 aromatic heterocycles. The largest absolute Gasteiger partial charge is 0.497 e. The van der Waals surface area contributed by atoms with Crippen LogP contribution in [0, 0.1) is 12.8 Å². The van der Waals surface area contributed by atoms with Crippen molar-refractivity contribution >= 4 is 11.9 Å². The van der Waals surface area contributed by atoms with E-state index in [1.807, 2.05) is 28.9 Å². The second-order valence-corrected chi connectivity index (χ2v) is 9.53. The van der Waals surface area contributed by atoms with Gasteiger partial charge in [0, 0.05) is 38.4 Å². The summed E-state index contributed by atoms with van der Waals surface area (Å²) in [7, 11) is 3.20. The van der Waals surface area contributed by atoms with E-state index in [9.17, 15) is 9.59 Å². The van der Waals surface area contributed by atoms with Gasteiger partial charge < -0.3 is 14.8 Å². The predicted molar refractivity (Wildman–Crippen MR) is 132 cm³/mol. The smallest absolute Gasteiger partial charge is 0.325 e. The van der Waals surface area contributed by atoms with Crippen molar-refractivity contribution in [1.82, 2.24) is 24.9 Å². The van der Waals surface area contributed by atoms with Crippen molar-refractivity contribution in [2.45, 2.75) is 51.7 Å². The Morgan fingerprint density at radius 3 is 2.63 bits per heavy atom. The highest BCUT2D eigenvalue weighted by atomic mass is 16.5. The van der Waals surface area contributed by atoms with Crippen molar-refractivity contribution in [3.63, 3.8) is 0 Å². The minimum Gasteiger partial charge on any atom is -0.497 e. The Bertz CT molecular complexity index is 1050. The summed E-state index contributed by atoms with van der Waals surface area (Å²) in [5.41, 5.74) is 2.31. The third-order valence-electron chi connectivity index (χ3n) is 7.39. The molecule has 2 saturated heterocycles. The van der Waals surface area contributed by atoms with Crippen LogP contribution in [0.5, 0.6) is 5.75 Å². The second kappa shape index (κ2) is 10.8. The molecule has 0 spiro atoms. The van der Waals surface area contributed by atoms with E-state index in [2.05, 4.69) is 35.4 Å². The lowest BCUT2D eigenvalue weighted by Gasteiger charge is -2.41. The van der Waals surface area contributed by atoms with Crippen molar-refractivity contribution < 1.29 is 19.1 Å². The number of benzene rings is 1. The minimum absolute atomic E-state index is 0.0356. The molecule has 3 heterocycles. The Morgan fingerprint density at radius 1 is 1.20 bits per heavy atom. The number of imide groups is 1. The van der Waals surface area contributed by atoms with Gasteiger partial charge in [-0.3, -0.25) is 19.3 Å². The molecule has 0 unspecified atom stereocenters. The van der Waals surface area contributed by atoms with E-state index < -0.39 is 5.54 Å². The van der Waals surface area contributed by atoms with Crippen molar-refractivity contribution in [2.24, 2.45) is 5.92 Å². The number of carbonyl (C=O) groups excluding carboxylic acids is 2. The van der Waals surface area contributed by atoms with Gasteiger partial charge in [-0.1, -0.05) is 12.1 Å². The number of piperidine rings is 1. The maximum absolute atomic E-state index is 13.8. The van der Waals surface area contributed by atoms with Gasteiger partial charge in [-0.25, -0.2) is 4.79 Å². The van der Waals surface area contributed by atoms with Crippen molar-refractivity contribution in [3.05, 3.63) is 47.3 Å². The van der Waals surface area contributed by atoms with Gasteiger partial charge in [0.25, 0.3) is 5.91 Å². The van der Waals surface area contributed by atoms with Gasteiger partial charge in [0.15, 0.2) is 0 Å². The first kappa shape index (κ1) is 25.2. The molecule has 35 heavy (non-hydrogen) atoms. The topological polar surface area (TPSA) is 88.9 Å². The van der Waals surface area contributed by atoms with Crippen LogP contribution >= 0.6 is 0 Å². The molecule has 1 atom stereocenters. The third kappa shape index (κ3) is 5.21. The molecule has 190 valence electrons. The number of rotatable bonds is 10. The number of hydrogen-bond acceptors (Lipinski definition) is 6. The molecule has 1 aromatic carbocycles. The zero-order valence-corrected chi connectivity index (χ0v) is 21.2. The summed E-state index contributed by atoms with van der Waals surface area (Å²) in [6.45, 7) is 8.15. The molecule has 3 amide bonds. The van der Waals surface area contributed by atoms with Crippen molar-refractivity contribution in [1.29, 1.82) is 0 Å². The molecule has 2 fully saturated rings. The van der Waals surface area contributed by atoms with Crippen LogP contribution in [0.15, 0.2) is 30.5 Å². The molecule has 4 rings (SSSR count). The molecular formula is C26H37N5O4. The molecule has 0 saturated carbocycles. The first-order valence-electron chi connectivity index (χ1n) is 12.4. The number of amides is 3. The van der Waals surface area contributed by atoms with Crippen LogP contribution in [0.2, 0.25) is 0 Å². The van der Waals surface area contributed by atoms with E-state index in [-0.39, 0.29) is 24.4 Å². The average Bonchev–Trinajstić information content (AvgIpc) is 3.34. The van der Waals surface area contributed by atoms with Gasteiger partial charge in [0.2, 0.25) is 0 Å². The Balaban J connectivity index is 1.53. The maximum atomic E-state index is 13.8. The highest BCUT2D eigenvalue weighted by Crippen LogP contribution is 2.37. The van der Waals surface area contributed by atoms with Crippen LogP contribution in [0.1, 0.15) is 36.6 Å². The van der Waals surface area contributed by atoms with Crippen molar-refractivity contribution in [2.75, 3.05) is 40.5 Å². The Labute approximate surface area is 207 Å². The zero-order valence-electron chi connectivity index (χ0n) is 21.2. The quantitative estimate of drug-likeness (QED) is 0.523. The lowest BCUT2D eigenvalue weighted by atomic mass is 9.74. The normalized spacial score (nSPS) is 21.5. The number of hydrogen-bond donors (Lipinski definition) is 1. The van der Waals surface area contributed by atoms with E-state index in [1.165, 1.54) is 10.5 Å². The summed E-state index contributed by atoms with van der Waals surface area (Å²) < 4.78 is 12.5. The first-order valence-corrected chi connectivity index (χ1v) is 12.4. The summed E-state index contributed by atoms with van der Waals surface area (Å²) >= 11 is 0. The number of likely N-dealkylation sites (tertiary alicyclic amines) is 1. The average molecular weight is 484 g/mol. The molecule has 1 N–H and O–H groups in total. The summed E-state index contributed by atoms with van der Waals surface area (Å²) in [6.07, 6.45) is 4.22. The Kier molecular flexibility index (Phi) is 7.76. The monoisotopic (exact) mass is 483 g/mol. The summed E-state index contributed by atoms with van der Waals surface area (Å²) in [5.74, 6) is 0.623. The molecule has 2 aliphatic rings. The summed E-state index contributed by atoms with van der Waals surface area (Å²) in [6, 6.07) is 7.41. The fourth-order valence-electron chi connectivity index (χ4n) is 5.38. The van der Waals surface area contributed by atoms with Crippen LogP contribution < -0.4 is 10.1 Å². The molecule has 0 radical (unpaired) electrons. The molecule has 0 aliphatic carbocycles. The summed E-state index contributed by atoms with van der Waals surface area (Å²) in [4.78, 5) is 30.5. The van der Waals surface area contributed by atoms with Crippen LogP contribution in [-0.2, 0) is 29.0 Å². The summed E-state index contributed by atoms with van der Waals surface area (Å²) in [5, 5.41) is 7.69. The number of aryl methyl sites for hydroxylation is 2. The fourth-order valence-corrected chi connectivity index (χ4v) is 5.38. The molecule has 0 bridgehead atoms. The number of ether oxygens (including phenoxy) is 2. The highest BCUT2D eigenvalue weighted by Gasteiger charge is 2.55. The van der Waals surface area contributed by atoms with Gasteiger partial charge in [0.05, 0.1) is 26.0 Å². The first-order chi connectivity index (χ1) is 16.9. The van der Waals surface area contributed by atoms with Gasteiger partial charge in [0.1, 0.15) is 11.3 Å². The van der Waals surface area contributed by atoms with E-state index in [4.69, 9.17) is 9.47 Å². The number of nitrogens with one attached hydrogen (secondary N) is 1. The second-order valence-electron chi connectivity index (χ2n) is 9.53. The van der Waals surface area contributed by atoms with E-state index in [1.54, 1.807) is 14.2 Å². The molecule has 9 heteroatoms. The maximum Gasteiger partial charge on any atom is 0.325 e. The standard InChI is InChI=1S/C26H37N5O4/c1-5-30-18-21(19(2)28-30)17-29-11-9-22(10-12-29)26(16-20-7-6-8-23(15-20)35-4)24(32)31(13-14-34-3)25(33)27-26/h6-8,15,18,22H,5,9-14,16-17H2,1-4H3,(H,27,33)/t26-/m1/s1. The van der Waals surface area contributed by atoms with E-state index in [0.29, 0.717) is 13.0 Å². The van der Waals surface area contributed by atoms with E-state index >= 15 is 0 Å². The number of nitrogens with zero attached hydrogens (tertiary/aromatic N) is 4. The Hall–Kier alpha value is -2.91. The molecule has 9 nitrogen and oxygen atoms in total. The zero-order chi connectivity index (χ0) is 25.0. The molecular weight excluding hydrogens is 446 g/mol. The highest BCUT2D eigenvalue weighted by molar-refractivity contribution is 6.07. The number of carbonyl (C=O) groups is 2.